The van der Waals surface area contributed by atoms with Gasteiger partial charge < -0.3 is 14.8 Å². The van der Waals surface area contributed by atoms with Crippen LogP contribution in [-0.2, 0) is 4.79 Å². The van der Waals surface area contributed by atoms with Gasteiger partial charge in [-0.3, -0.25) is 9.69 Å². The lowest BCUT2D eigenvalue weighted by Gasteiger charge is -2.36. The number of benzene rings is 1. The molecule has 0 bridgehead atoms. The Kier molecular flexibility index (Phi) is 6.37. The molecule has 0 amide bonds. The number of halogens is 1. The Bertz CT molecular complexity index is 1230. The zero-order valence-corrected chi connectivity index (χ0v) is 19.4. The molecule has 0 unspecified atom stereocenters. The molecule has 2 aromatic heterocycles. The number of nitrogens with one attached hydrogen (secondary N) is 1. The fourth-order valence-corrected chi connectivity index (χ4v) is 5.63. The molecule has 7 heteroatoms. The highest BCUT2D eigenvalue weighted by Crippen LogP contribution is 2.40. The van der Waals surface area contributed by atoms with Crippen LogP contribution in [0.5, 0.6) is 5.75 Å². The Morgan fingerprint density at radius 2 is 2.00 bits per heavy atom. The summed E-state index contributed by atoms with van der Waals surface area (Å²) in [5, 5.41) is 9.96. The number of nitrogens with zero attached hydrogens (tertiary/aromatic N) is 2. The highest BCUT2D eigenvalue weighted by atomic mass is 19.1. The summed E-state index contributed by atoms with van der Waals surface area (Å²) in [5.41, 5.74) is 4.76. The van der Waals surface area contributed by atoms with Crippen LogP contribution in [0, 0.1) is 17.7 Å². The number of rotatable bonds is 6. The molecule has 178 valence electrons. The Labute approximate surface area is 198 Å². The average molecular weight is 464 g/mol. The van der Waals surface area contributed by atoms with Crippen molar-refractivity contribution in [3.8, 4) is 16.9 Å². The van der Waals surface area contributed by atoms with Gasteiger partial charge in [0.05, 0.1) is 13.7 Å². The van der Waals surface area contributed by atoms with E-state index < -0.39 is 5.97 Å². The molecule has 1 aliphatic carbocycles. The van der Waals surface area contributed by atoms with Crippen LogP contribution in [0.15, 0.2) is 42.6 Å². The fraction of sp³-hybridized carbons (Fsp3) is 0.407. The standard InChI is InChI=1S/C27H30FN3O3/c1-34-25-7-6-20(28)14-22(25)21-8-11-29-27-23(21)15-24(30-27)19-4-2-17(3-5-19)18-9-12-31(13-10-18)16-26(32)33/h4,6-8,11,14-15,17-18H,2-3,5,9-10,12-13,16H2,1H3,(H,29,30)(H,32,33)/t17-/m1/s1. The molecule has 3 heterocycles. The molecule has 3 aromatic rings. The number of hydrogen-bond donors (Lipinski definition) is 2. The highest BCUT2D eigenvalue weighted by molar-refractivity contribution is 5.96. The van der Waals surface area contributed by atoms with Crippen molar-refractivity contribution in [1.82, 2.24) is 14.9 Å². The molecule has 5 rings (SSSR count). The lowest BCUT2D eigenvalue weighted by Crippen LogP contribution is -2.39. The number of pyridine rings is 1. The Hall–Kier alpha value is -3.19. The number of aliphatic carboxylic acids is 1. The van der Waals surface area contributed by atoms with E-state index >= 15 is 0 Å². The van der Waals surface area contributed by atoms with E-state index in [2.05, 4.69) is 22.1 Å². The van der Waals surface area contributed by atoms with E-state index in [9.17, 15) is 9.18 Å². The quantitative estimate of drug-likeness (QED) is 0.515. The minimum atomic E-state index is -0.740. The van der Waals surface area contributed by atoms with Crippen LogP contribution in [0.25, 0.3) is 27.7 Å². The highest BCUT2D eigenvalue weighted by Gasteiger charge is 2.29. The van der Waals surface area contributed by atoms with Crippen LogP contribution in [0.1, 0.15) is 37.8 Å². The maximum absolute atomic E-state index is 14.0. The second-order valence-corrected chi connectivity index (χ2v) is 9.42. The van der Waals surface area contributed by atoms with E-state index in [4.69, 9.17) is 9.84 Å². The summed E-state index contributed by atoms with van der Waals surface area (Å²) in [4.78, 5) is 21.0. The van der Waals surface area contributed by atoms with Crippen LogP contribution < -0.4 is 4.74 Å². The average Bonchev–Trinajstić information content (AvgIpc) is 3.29. The van der Waals surface area contributed by atoms with Gasteiger partial charge in [0.15, 0.2) is 0 Å². The Balaban J connectivity index is 1.33. The monoisotopic (exact) mass is 463 g/mol. The summed E-state index contributed by atoms with van der Waals surface area (Å²) in [7, 11) is 1.59. The van der Waals surface area contributed by atoms with Gasteiger partial charge in [0.25, 0.3) is 0 Å². The van der Waals surface area contributed by atoms with E-state index in [1.54, 1.807) is 19.4 Å². The number of hydrogen-bond acceptors (Lipinski definition) is 4. The minimum Gasteiger partial charge on any atom is -0.496 e. The van der Waals surface area contributed by atoms with E-state index in [0.29, 0.717) is 23.1 Å². The third-order valence-electron chi connectivity index (χ3n) is 7.44. The van der Waals surface area contributed by atoms with Gasteiger partial charge in [-0.1, -0.05) is 6.08 Å². The van der Waals surface area contributed by atoms with Crippen LogP contribution in [-0.4, -0.2) is 52.7 Å². The summed E-state index contributed by atoms with van der Waals surface area (Å²) in [6.07, 6.45) is 9.45. The van der Waals surface area contributed by atoms with Gasteiger partial charge in [-0.05, 0) is 98.5 Å². The van der Waals surface area contributed by atoms with Crippen molar-refractivity contribution in [2.45, 2.75) is 32.1 Å². The van der Waals surface area contributed by atoms with Crippen molar-refractivity contribution in [3.05, 3.63) is 54.1 Å². The first-order valence-electron chi connectivity index (χ1n) is 12.0. The molecule has 0 saturated carbocycles. The molecule has 1 saturated heterocycles. The number of ether oxygens (including phenoxy) is 1. The zero-order valence-electron chi connectivity index (χ0n) is 19.4. The third kappa shape index (κ3) is 4.57. The van der Waals surface area contributed by atoms with Gasteiger partial charge in [0.1, 0.15) is 17.2 Å². The normalized spacial score (nSPS) is 19.8. The van der Waals surface area contributed by atoms with E-state index in [1.165, 1.54) is 17.7 Å². The van der Waals surface area contributed by atoms with Gasteiger partial charge in [-0.25, -0.2) is 9.37 Å². The lowest BCUT2D eigenvalue weighted by atomic mass is 9.76. The molecule has 1 atom stereocenters. The Morgan fingerprint density at radius 3 is 2.71 bits per heavy atom. The predicted octanol–water partition coefficient (Wildman–Crippen LogP) is 5.36. The summed E-state index contributed by atoms with van der Waals surface area (Å²) in [5.74, 6) is 0.914. The molecule has 1 fully saturated rings. The van der Waals surface area contributed by atoms with Gasteiger partial charge in [0, 0.05) is 22.8 Å². The fourth-order valence-electron chi connectivity index (χ4n) is 5.63. The van der Waals surface area contributed by atoms with Gasteiger partial charge in [-0.2, -0.15) is 0 Å². The summed E-state index contributed by atoms with van der Waals surface area (Å²) in [6.45, 7) is 1.91. The molecule has 2 aliphatic rings. The number of carboxylic acids is 1. The minimum absolute atomic E-state index is 0.152. The first-order chi connectivity index (χ1) is 16.5. The molecular weight excluding hydrogens is 433 g/mol. The topological polar surface area (TPSA) is 78.5 Å². The largest absolute Gasteiger partial charge is 0.496 e. The lowest BCUT2D eigenvalue weighted by molar-refractivity contribution is -0.138. The molecule has 1 aliphatic heterocycles. The third-order valence-corrected chi connectivity index (χ3v) is 7.44. The number of likely N-dealkylation sites (tertiary alicyclic amines) is 1. The van der Waals surface area contributed by atoms with Crippen LogP contribution in [0.4, 0.5) is 4.39 Å². The Morgan fingerprint density at radius 1 is 1.18 bits per heavy atom. The van der Waals surface area contributed by atoms with Crippen LogP contribution in [0.3, 0.4) is 0 Å². The molecule has 0 radical (unpaired) electrons. The number of methoxy groups -OCH3 is 1. The number of carboxylic acid groups (broad SMARTS) is 1. The molecule has 2 N–H and O–H groups in total. The van der Waals surface area contributed by atoms with E-state index in [0.717, 1.165) is 67.5 Å². The number of H-pyrrole nitrogens is 1. The van der Waals surface area contributed by atoms with Crippen molar-refractivity contribution in [2.24, 2.45) is 11.8 Å². The number of aromatic amines is 1. The van der Waals surface area contributed by atoms with Crippen LogP contribution in [0.2, 0.25) is 0 Å². The van der Waals surface area contributed by atoms with Gasteiger partial charge in [-0.15, -0.1) is 0 Å². The zero-order chi connectivity index (χ0) is 23.7. The van der Waals surface area contributed by atoms with Crippen molar-refractivity contribution in [1.29, 1.82) is 0 Å². The number of fused-ring (bicyclic) bond motifs is 1. The molecule has 0 spiro atoms. The van der Waals surface area contributed by atoms with E-state index in [1.807, 2.05) is 11.0 Å². The first-order valence-corrected chi connectivity index (χ1v) is 12.0. The van der Waals surface area contributed by atoms with Gasteiger partial charge >= 0.3 is 5.97 Å². The molecule has 34 heavy (non-hydrogen) atoms. The van der Waals surface area contributed by atoms with Gasteiger partial charge in [0.2, 0.25) is 0 Å². The number of aromatic nitrogens is 2. The molecular formula is C27H30FN3O3. The predicted molar refractivity (Wildman–Crippen MR) is 130 cm³/mol. The maximum Gasteiger partial charge on any atom is 0.317 e. The second kappa shape index (κ2) is 9.58. The van der Waals surface area contributed by atoms with Crippen LogP contribution >= 0.6 is 0 Å². The second-order valence-electron chi connectivity index (χ2n) is 9.42. The SMILES string of the molecule is COc1ccc(F)cc1-c1ccnc2[nH]c(C3=CC[C@@H](C4CCN(CC(=O)O)CC4)CC3)cc12. The number of carbonyl (C=O) groups is 1. The van der Waals surface area contributed by atoms with Crippen molar-refractivity contribution in [2.75, 3.05) is 26.7 Å². The summed E-state index contributed by atoms with van der Waals surface area (Å²) >= 11 is 0. The first kappa shape index (κ1) is 22.6. The van der Waals surface area contributed by atoms with Crippen molar-refractivity contribution in [3.63, 3.8) is 0 Å². The molecule has 6 nitrogen and oxygen atoms in total. The maximum atomic E-state index is 14.0. The van der Waals surface area contributed by atoms with E-state index in [-0.39, 0.29) is 12.4 Å². The summed E-state index contributed by atoms with van der Waals surface area (Å²) in [6, 6.07) is 8.59. The summed E-state index contributed by atoms with van der Waals surface area (Å²) < 4.78 is 19.5. The molecule has 1 aromatic carbocycles. The smallest absolute Gasteiger partial charge is 0.317 e. The number of piperidine rings is 1. The van der Waals surface area contributed by atoms with Crippen molar-refractivity contribution < 1.29 is 19.0 Å². The number of allylic oxidation sites excluding steroid dienone is 2. The van der Waals surface area contributed by atoms with Crippen molar-refractivity contribution >= 4 is 22.6 Å².